The molecule has 0 bridgehead atoms. The van der Waals surface area contributed by atoms with E-state index in [-0.39, 0.29) is 0 Å². The van der Waals surface area contributed by atoms with Gasteiger partial charge in [0.05, 0.1) is 0 Å². The van der Waals surface area contributed by atoms with Crippen molar-refractivity contribution >= 4 is 0 Å². The van der Waals surface area contributed by atoms with Gasteiger partial charge in [0.15, 0.2) is 0 Å². The van der Waals surface area contributed by atoms with Crippen molar-refractivity contribution in [3.05, 3.63) is 36.5 Å². The van der Waals surface area contributed by atoms with Crippen LogP contribution in [0.25, 0.3) is 0 Å². The highest BCUT2D eigenvalue weighted by atomic mass is 13.9. The molecule has 0 heterocycles. The Hall–Kier alpha value is -0.780. The summed E-state index contributed by atoms with van der Waals surface area (Å²) in [5.41, 5.74) is 2.39. The van der Waals surface area contributed by atoms with E-state index in [2.05, 4.69) is 13.2 Å². The summed E-state index contributed by atoms with van der Waals surface area (Å²) >= 11 is 0. The van der Waals surface area contributed by atoms with Gasteiger partial charge in [-0.3, -0.25) is 0 Å². The van der Waals surface area contributed by atoms with Crippen molar-refractivity contribution in [1.29, 1.82) is 0 Å². The quantitative estimate of drug-likeness (QED) is 0.477. The second kappa shape index (κ2) is 3.25. The molecule has 0 heteroatoms. The van der Waals surface area contributed by atoms with Crippen LogP contribution in [0.2, 0.25) is 0 Å². The van der Waals surface area contributed by atoms with Crippen LogP contribution < -0.4 is 0 Å². The molecule has 44 valence electrons. The predicted molar refractivity (Wildman–Crippen MR) is 38.8 cm³/mol. The summed E-state index contributed by atoms with van der Waals surface area (Å²) in [6, 6.07) is 0. The molecule has 0 aromatic heterocycles. The molecule has 0 amide bonds. The Labute approximate surface area is 51.2 Å². The first-order chi connectivity index (χ1) is 3.72. The summed E-state index contributed by atoms with van der Waals surface area (Å²) in [5.74, 6) is 0. The Morgan fingerprint density at radius 3 is 1.38 bits per heavy atom. The molecule has 0 aromatic carbocycles. The van der Waals surface area contributed by atoms with Crippen molar-refractivity contribution in [2.24, 2.45) is 0 Å². The third-order valence-electron chi connectivity index (χ3n) is 1.23. The van der Waals surface area contributed by atoms with Gasteiger partial charge in [0.1, 0.15) is 0 Å². The van der Waals surface area contributed by atoms with Crippen molar-refractivity contribution in [3.63, 3.8) is 0 Å². The SMILES string of the molecule is C=C/C(C)=C(\C)C=C. The first-order valence-corrected chi connectivity index (χ1v) is 2.64. The zero-order chi connectivity index (χ0) is 6.57. The highest BCUT2D eigenvalue weighted by Crippen LogP contribution is 2.02. The molecule has 0 aromatic rings. The van der Waals surface area contributed by atoms with Gasteiger partial charge in [-0.05, 0) is 25.0 Å². The van der Waals surface area contributed by atoms with Crippen molar-refractivity contribution in [1.82, 2.24) is 0 Å². The van der Waals surface area contributed by atoms with Crippen LogP contribution >= 0.6 is 0 Å². The predicted octanol–water partition coefficient (Wildman–Crippen LogP) is 2.69. The van der Waals surface area contributed by atoms with Crippen LogP contribution in [-0.2, 0) is 0 Å². The van der Waals surface area contributed by atoms with E-state index >= 15 is 0 Å². The smallest absolute Gasteiger partial charge is 0.0395 e. The lowest BCUT2D eigenvalue weighted by molar-refractivity contribution is 1.39. The third-order valence-corrected chi connectivity index (χ3v) is 1.23. The fraction of sp³-hybridized carbons (Fsp3) is 0.250. The van der Waals surface area contributed by atoms with Crippen LogP contribution in [0.5, 0.6) is 0 Å². The first kappa shape index (κ1) is 7.22. The summed E-state index contributed by atoms with van der Waals surface area (Å²) in [4.78, 5) is 0. The maximum absolute atomic E-state index is 3.62. The van der Waals surface area contributed by atoms with E-state index in [0.29, 0.717) is 0 Å². The van der Waals surface area contributed by atoms with E-state index in [1.54, 1.807) is 0 Å². The number of allylic oxidation sites excluding steroid dienone is 4. The van der Waals surface area contributed by atoms with Gasteiger partial charge in [0.25, 0.3) is 0 Å². The van der Waals surface area contributed by atoms with Crippen molar-refractivity contribution in [2.45, 2.75) is 13.8 Å². The van der Waals surface area contributed by atoms with Gasteiger partial charge in [-0.25, -0.2) is 0 Å². The van der Waals surface area contributed by atoms with Crippen molar-refractivity contribution in [2.75, 3.05) is 0 Å². The summed E-state index contributed by atoms with van der Waals surface area (Å²) < 4.78 is 0. The Kier molecular flexibility index (Phi) is 2.93. The minimum Gasteiger partial charge on any atom is -0.0988 e. The molecule has 0 atom stereocenters. The molecular formula is C8H12. The van der Waals surface area contributed by atoms with Crippen molar-refractivity contribution < 1.29 is 0 Å². The highest BCUT2D eigenvalue weighted by Gasteiger charge is 1.82. The second-order valence-electron chi connectivity index (χ2n) is 1.77. The van der Waals surface area contributed by atoms with E-state index in [1.807, 2.05) is 26.0 Å². The average molecular weight is 108 g/mol. The Balaban J connectivity index is 4.25. The van der Waals surface area contributed by atoms with Gasteiger partial charge in [-0.15, -0.1) is 0 Å². The molecule has 8 heavy (non-hydrogen) atoms. The van der Waals surface area contributed by atoms with E-state index in [0.717, 1.165) is 0 Å². The highest BCUT2D eigenvalue weighted by molar-refractivity contribution is 5.27. The molecule has 0 spiro atoms. The zero-order valence-corrected chi connectivity index (χ0v) is 5.57. The summed E-state index contributed by atoms with van der Waals surface area (Å²) in [6.07, 6.45) is 3.66. The fourth-order valence-corrected chi connectivity index (χ4v) is 0.322. The Morgan fingerprint density at radius 1 is 1.00 bits per heavy atom. The molecule has 0 nitrogen and oxygen atoms in total. The second-order valence-corrected chi connectivity index (χ2v) is 1.77. The molecule has 0 saturated heterocycles. The minimum atomic E-state index is 1.19. The fourth-order valence-electron chi connectivity index (χ4n) is 0.322. The minimum absolute atomic E-state index is 1.19. The monoisotopic (exact) mass is 108 g/mol. The molecule has 0 unspecified atom stereocenters. The summed E-state index contributed by atoms with van der Waals surface area (Å²) in [5, 5.41) is 0. The molecule has 0 fully saturated rings. The normalized spacial score (nSPS) is 12.2. The zero-order valence-electron chi connectivity index (χ0n) is 5.57. The first-order valence-electron chi connectivity index (χ1n) is 2.64. The molecular weight excluding hydrogens is 96.1 g/mol. The van der Waals surface area contributed by atoms with E-state index in [1.165, 1.54) is 11.1 Å². The van der Waals surface area contributed by atoms with Crippen LogP contribution in [0.1, 0.15) is 13.8 Å². The van der Waals surface area contributed by atoms with Gasteiger partial charge in [-0.2, -0.15) is 0 Å². The van der Waals surface area contributed by atoms with Crippen LogP contribution in [0.3, 0.4) is 0 Å². The van der Waals surface area contributed by atoms with Gasteiger partial charge < -0.3 is 0 Å². The molecule has 0 aliphatic carbocycles. The van der Waals surface area contributed by atoms with E-state index in [9.17, 15) is 0 Å². The molecule has 0 aliphatic rings. The van der Waals surface area contributed by atoms with Crippen molar-refractivity contribution in [3.8, 4) is 0 Å². The number of hydrogen-bond donors (Lipinski definition) is 0. The lowest BCUT2D eigenvalue weighted by Crippen LogP contribution is -1.71. The maximum Gasteiger partial charge on any atom is -0.0395 e. The standard InChI is InChI=1S/C8H12/c1-5-7(3)8(4)6-2/h5-6H,1-2H2,3-4H3/b8-7+. The largest absolute Gasteiger partial charge is 0.0988 e. The van der Waals surface area contributed by atoms with Gasteiger partial charge in [-0.1, -0.05) is 25.3 Å². The van der Waals surface area contributed by atoms with Gasteiger partial charge in [0.2, 0.25) is 0 Å². The molecule has 0 N–H and O–H groups in total. The van der Waals surface area contributed by atoms with Gasteiger partial charge >= 0.3 is 0 Å². The Morgan fingerprint density at radius 2 is 1.25 bits per heavy atom. The third kappa shape index (κ3) is 1.78. The molecule has 0 saturated carbocycles. The van der Waals surface area contributed by atoms with Gasteiger partial charge in [0, 0.05) is 0 Å². The van der Waals surface area contributed by atoms with Crippen LogP contribution in [0.4, 0.5) is 0 Å². The Bertz CT molecular complexity index is 111. The topological polar surface area (TPSA) is 0 Å². The molecule has 0 rings (SSSR count). The van der Waals surface area contributed by atoms with E-state index in [4.69, 9.17) is 0 Å². The summed E-state index contributed by atoms with van der Waals surface area (Å²) in [7, 11) is 0. The maximum atomic E-state index is 3.62. The van der Waals surface area contributed by atoms with Crippen LogP contribution in [-0.4, -0.2) is 0 Å². The van der Waals surface area contributed by atoms with Crippen LogP contribution in [0, 0.1) is 0 Å². The number of hydrogen-bond acceptors (Lipinski definition) is 0. The molecule has 0 radical (unpaired) electrons. The average Bonchev–Trinajstić information content (AvgIpc) is 1.84. The lowest BCUT2D eigenvalue weighted by Gasteiger charge is -1.92. The van der Waals surface area contributed by atoms with Crippen LogP contribution in [0.15, 0.2) is 36.5 Å². The molecule has 0 aliphatic heterocycles. The van der Waals surface area contributed by atoms with E-state index < -0.39 is 0 Å². The lowest BCUT2D eigenvalue weighted by atomic mass is 10.1. The number of rotatable bonds is 2. The summed E-state index contributed by atoms with van der Waals surface area (Å²) in [6.45, 7) is 11.3.